The highest BCUT2D eigenvalue weighted by molar-refractivity contribution is 8.93. The zero-order valence-corrected chi connectivity index (χ0v) is 19.4. The first-order valence-corrected chi connectivity index (χ1v) is 11.5. The van der Waals surface area contributed by atoms with Crippen LogP contribution in [-0.4, -0.2) is 4.98 Å². The molecule has 1 unspecified atom stereocenters. The van der Waals surface area contributed by atoms with Crippen LogP contribution in [0.5, 0.6) is 0 Å². The van der Waals surface area contributed by atoms with Crippen LogP contribution in [0.2, 0.25) is 0 Å². The van der Waals surface area contributed by atoms with Gasteiger partial charge in [0.2, 0.25) is 0 Å². The molecule has 0 bridgehead atoms. The summed E-state index contributed by atoms with van der Waals surface area (Å²) < 4.78 is 1.34. The summed E-state index contributed by atoms with van der Waals surface area (Å²) in [5.74, 6) is 0.663. The predicted octanol–water partition coefficient (Wildman–Crippen LogP) is 9.07. The van der Waals surface area contributed by atoms with Gasteiger partial charge in [-0.3, -0.25) is 0 Å². The number of thiazole rings is 1. The van der Waals surface area contributed by atoms with Crippen molar-refractivity contribution in [2.75, 3.05) is 0 Å². The molecule has 0 N–H and O–H groups in total. The summed E-state index contributed by atoms with van der Waals surface area (Å²) in [4.78, 5) is 4.87. The summed E-state index contributed by atoms with van der Waals surface area (Å²) in [5, 5.41) is 1.36. The maximum absolute atomic E-state index is 4.87. The van der Waals surface area contributed by atoms with Gasteiger partial charge in [0.1, 0.15) is 0 Å². The molecule has 3 heteroatoms. The highest BCUT2D eigenvalue weighted by atomic mass is 79.9. The van der Waals surface area contributed by atoms with Crippen molar-refractivity contribution in [2.24, 2.45) is 0 Å². The van der Waals surface area contributed by atoms with Crippen molar-refractivity contribution in [3.05, 3.63) is 29.3 Å². The third-order valence-electron chi connectivity index (χ3n) is 5.31. The van der Waals surface area contributed by atoms with Crippen LogP contribution in [0.3, 0.4) is 0 Å². The van der Waals surface area contributed by atoms with Crippen LogP contribution >= 0.6 is 28.3 Å². The number of nitrogens with zero attached hydrogens (tertiary/aromatic N) is 1. The summed E-state index contributed by atoms with van der Waals surface area (Å²) in [7, 11) is 0. The number of rotatable bonds is 14. The second-order valence-corrected chi connectivity index (χ2v) is 8.51. The summed E-state index contributed by atoms with van der Waals surface area (Å²) in [6.45, 7) is 4.61. The Morgan fingerprint density at radius 3 is 1.96 bits per heavy atom. The SMILES string of the molecule is Br.CCCCCCCCCCCCCC(CC)c1nc2ccccc2s1. The molecule has 0 saturated carbocycles. The lowest BCUT2D eigenvalue weighted by molar-refractivity contribution is 0.515. The minimum Gasteiger partial charge on any atom is -0.241 e. The van der Waals surface area contributed by atoms with E-state index in [4.69, 9.17) is 4.98 Å². The van der Waals surface area contributed by atoms with Crippen molar-refractivity contribution in [1.82, 2.24) is 4.98 Å². The fourth-order valence-corrected chi connectivity index (χ4v) is 4.81. The molecule has 2 rings (SSSR count). The second-order valence-electron chi connectivity index (χ2n) is 7.45. The first-order valence-electron chi connectivity index (χ1n) is 10.7. The van der Waals surface area contributed by atoms with Crippen molar-refractivity contribution in [3.63, 3.8) is 0 Å². The van der Waals surface area contributed by atoms with Gasteiger partial charge in [0, 0.05) is 5.92 Å². The van der Waals surface area contributed by atoms with Crippen LogP contribution < -0.4 is 0 Å². The Kier molecular flexibility index (Phi) is 13.3. The Bertz CT molecular complexity index is 547. The van der Waals surface area contributed by atoms with Gasteiger partial charge in [-0.1, -0.05) is 96.6 Å². The number of para-hydroxylation sites is 1. The first-order chi connectivity index (χ1) is 12.3. The fraction of sp³-hybridized carbons (Fsp3) is 0.696. The molecule has 0 aliphatic rings. The average Bonchev–Trinajstić information content (AvgIpc) is 3.06. The van der Waals surface area contributed by atoms with E-state index in [1.54, 1.807) is 0 Å². The quantitative estimate of drug-likeness (QED) is 0.267. The molecule has 1 atom stereocenters. The van der Waals surface area contributed by atoms with Crippen LogP contribution in [0.1, 0.15) is 108 Å². The van der Waals surface area contributed by atoms with Crippen LogP contribution in [-0.2, 0) is 0 Å². The van der Waals surface area contributed by atoms with Crippen LogP contribution in [0.15, 0.2) is 24.3 Å². The molecule has 2 aromatic rings. The van der Waals surface area contributed by atoms with Gasteiger partial charge >= 0.3 is 0 Å². The zero-order valence-electron chi connectivity index (χ0n) is 16.8. The molecule has 148 valence electrons. The summed E-state index contributed by atoms with van der Waals surface area (Å²) in [6.07, 6.45) is 18.2. The van der Waals surface area contributed by atoms with Crippen molar-refractivity contribution in [1.29, 1.82) is 0 Å². The highest BCUT2D eigenvalue weighted by Gasteiger charge is 2.14. The van der Waals surface area contributed by atoms with Crippen LogP contribution in [0, 0.1) is 0 Å². The molecule has 0 saturated heterocycles. The van der Waals surface area contributed by atoms with E-state index in [0.29, 0.717) is 5.92 Å². The van der Waals surface area contributed by atoms with Crippen molar-refractivity contribution >= 4 is 38.5 Å². The van der Waals surface area contributed by atoms with Gasteiger partial charge in [0.15, 0.2) is 0 Å². The number of halogens is 1. The highest BCUT2D eigenvalue weighted by Crippen LogP contribution is 2.32. The molecule has 0 spiro atoms. The van der Waals surface area contributed by atoms with E-state index in [1.807, 2.05) is 11.3 Å². The standard InChI is InChI=1S/C23H37NS.BrH/c1-3-5-6-7-8-9-10-11-12-13-14-17-20(4-2)23-24-21-18-15-16-19-22(21)25-23;/h15-16,18-20H,3-14,17H2,1-2H3;1H. The molecule has 0 fully saturated rings. The Balaban J connectivity index is 0.00000338. The maximum Gasteiger partial charge on any atom is 0.0969 e. The Morgan fingerprint density at radius 1 is 0.808 bits per heavy atom. The van der Waals surface area contributed by atoms with Gasteiger partial charge < -0.3 is 0 Å². The Morgan fingerprint density at radius 2 is 1.38 bits per heavy atom. The van der Waals surface area contributed by atoms with Crippen molar-refractivity contribution in [3.8, 4) is 0 Å². The molecule has 1 aromatic carbocycles. The summed E-state index contributed by atoms with van der Waals surface area (Å²) in [6, 6.07) is 8.56. The van der Waals surface area contributed by atoms with Crippen LogP contribution in [0.4, 0.5) is 0 Å². The lowest BCUT2D eigenvalue weighted by Gasteiger charge is -2.11. The molecule has 0 aliphatic carbocycles. The van der Waals surface area contributed by atoms with E-state index < -0.39 is 0 Å². The van der Waals surface area contributed by atoms with E-state index in [2.05, 4.69) is 38.1 Å². The minimum absolute atomic E-state index is 0. The smallest absolute Gasteiger partial charge is 0.0969 e. The van der Waals surface area contributed by atoms with Gasteiger partial charge in [-0.2, -0.15) is 0 Å². The molecular formula is C23H38BrNS. The largest absolute Gasteiger partial charge is 0.241 e. The monoisotopic (exact) mass is 439 g/mol. The van der Waals surface area contributed by atoms with E-state index in [9.17, 15) is 0 Å². The fourth-order valence-electron chi connectivity index (χ4n) is 3.62. The number of hydrogen-bond donors (Lipinski definition) is 0. The molecule has 1 heterocycles. The van der Waals surface area contributed by atoms with Gasteiger partial charge in [-0.05, 0) is 25.0 Å². The lowest BCUT2D eigenvalue weighted by atomic mass is 9.98. The molecule has 26 heavy (non-hydrogen) atoms. The molecule has 0 radical (unpaired) electrons. The van der Waals surface area contributed by atoms with Crippen molar-refractivity contribution < 1.29 is 0 Å². The normalized spacial score (nSPS) is 12.2. The molecule has 1 nitrogen and oxygen atoms in total. The number of aromatic nitrogens is 1. The van der Waals surface area contributed by atoms with Gasteiger partial charge in [0.25, 0.3) is 0 Å². The number of fused-ring (bicyclic) bond motifs is 1. The maximum atomic E-state index is 4.87. The summed E-state index contributed by atoms with van der Waals surface area (Å²) >= 11 is 1.90. The van der Waals surface area contributed by atoms with Crippen LogP contribution in [0.25, 0.3) is 10.2 Å². The predicted molar refractivity (Wildman–Crippen MR) is 124 cm³/mol. The van der Waals surface area contributed by atoms with E-state index in [1.165, 1.54) is 98.7 Å². The van der Waals surface area contributed by atoms with Gasteiger partial charge in [-0.15, -0.1) is 28.3 Å². The third-order valence-corrected chi connectivity index (χ3v) is 6.51. The third kappa shape index (κ3) is 8.52. The van der Waals surface area contributed by atoms with Crippen molar-refractivity contribution in [2.45, 2.75) is 103 Å². The second kappa shape index (κ2) is 14.6. The number of benzene rings is 1. The van der Waals surface area contributed by atoms with E-state index in [0.717, 1.165) is 0 Å². The minimum atomic E-state index is 0. The molecule has 1 aromatic heterocycles. The lowest BCUT2D eigenvalue weighted by Crippen LogP contribution is -1.96. The van der Waals surface area contributed by atoms with Gasteiger partial charge in [-0.25, -0.2) is 4.98 Å². The zero-order chi connectivity index (χ0) is 17.7. The first kappa shape index (κ1) is 23.6. The Labute approximate surface area is 175 Å². The van der Waals surface area contributed by atoms with E-state index >= 15 is 0 Å². The van der Waals surface area contributed by atoms with E-state index in [-0.39, 0.29) is 17.0 Å². The Hall–Kier alpha value is -0.410. The molecular weight excluding hydrogens is 402 g/mol. The number of hydrogen-bond acceptors (Lipinski definition) is 2. The molecule has 0 amide bonds. The average molecular weight is 441 g/mol. The van der Waals surface area contributed by atoms with Gasteiger partial charge in [0.05, 0.1) is 15.2 Å². The topological polar surface area (TPSA) is 12.9 Å². The summed E-state index contributed by atoms with van der Waals surface area (Å²) in [5.41, 5.74) is 1.18. The molecule has 0 aliphatic heterocycles. The number of unbranched alkanes of at least 4 members (excludes halogenated alkanes) is 10.